The Balaban J connectivity index is 2.16. The summed E-state index contributed by atoms with van der Waals surface area (Å²) in [5.41, 5.74) is 1.57. The molecule has 0 saturated heterocycles. The van der Waals surface area contributed by atoms with Crippen LogP contribution in [0.1, 0.15) is 31.9 Å². The number of aryl methyl sites for hydroxylation is 1. The third-order valence-electron chi connectivity index (χ3n) is 5.53. The number of amides is 3. The topological polar surface area (TPSA) is 85.3 Å². The van der Waals surface area contributed by atoms with Gasteiger partial charge in [0.05, 0.1) is 20.8 Å². The molecule has 0 aliphatic heterocycles. The first-order chi connectivity index (χ1) is 16.4. The first-order valence-electron chi connectivity index (χ1n) is 11.6. The molecule has 1 heterocycles. The maximum absolute atomic E-state index is 13.3. The van der Waals surface area contributed by atoms with E-state index in [2.05, 4.69) is 12.2 Å². The SMILES string of the molecule is CCCCN(Cc1cccn1C)C(=O)CN(CCCOC)C(=O)Nc1cc(OC)cc(OC)c1. The quantitative estimate of drug-likeness (QED) is 0.422. The van der Waals surface area contributed by atoms with Gasteiger partial charge in [-0.25, -0.2) is 4.79 Å². The van der Waals surface area contributed by atoms with E-state index in [0.29, 0.717) is 49.8 Å². The molecule has 1 aromatic heterocycles. The van der Waals surface area contributed by atoms with Gasteiger partial charge in [-0.1, -0.05) is 13.3 Å². The van der Waals surface area contributed by atoms with E-state index in [4.69, 9.17) is 14.2 Å². The van der Waals surface area contributed by atoms with Crippen LogP contribution < -0.4 is 14.8 Å². The van der Waals surface area contributed by atoms with Gasteiger partial charge < -0.3 is 33.9 Å². The third kappa shape index (κ3) is 8.30. The Morgan fingerprint density at radius 2 is 1.68 bits per heavy atom. The Bertz CT molecular complexity index is 892. The predicted octanol–water partition coefficient (Wildman–Crippen LogP) is 3.74. The maximum atomic E-state index is 13.3. The molecule has 0 unspecified atom stereocenters. The minimum absolute atomic E-state index is 0.0230. The zero-order valence-corrected chi connectivity index (χ0v) is 21.0. The molecule has 9 heteroatoms. The monoisotopic (exact) mass is 474 g/mol. The van der Waals surface area contributed by atoms with Crippen LogP contribution in [0, 0.1) is 0 Å². The van der Waals surface area contributed by atoms with Crippen LogP contribution in [0.2, 0.25) is 0 Å². The van der Waals surface area contributed by atoms with Gasteiger partial charge in [0.2, 0.25) is 5.91 Å². The summed E-state index contributed by atoms with van der Waals surface area (Å²) in [6.45, 7) is 4.10. The molecule has 0 saturated carbocycles. The summed E-state index contributed by atoms with van der Waals surface area (Å²) in [7, 11) is 6.68. The van der Waals surface area contributed by atoms with E-state index in [1.54, 1.807) is 39.5 Å². The number of benzene rings is 1. The standard InChI is InChI=1S/C25H38N4O5/c1-6-7-12-28(18-21-10-8-11-27(21)2)24(30)19-29(13-9-14-32-3)25(31)26-20-15-22(33-4)17-23(16-20)34-5/h8,10-11,15-17H,6-7,9,12-14,18-19H2,1-5H3,(H,26,31). The average Bonchev–Trinajstić information content (AvgIpc) is 3.24. The van der Waals surface area contributed by atoms with Crippen LogP contribution >= 0.6 is 0 Å². The predicted molar refractivity (Wildman–Crippen MR) is 132 cm³/mol. The minimum Gasteiger partial charge on any atom is -0.497 e. The van der Waals surface area contributed by atoms with Crippen LogP contribution in [-0.2, 0) is 23.1 Å². The minimum atomic E-state index is -0.367. The van der Waals surface area contributed by atoms with E-state index in [9.17, 15) is 9.59 Å². The molecule has 0 bridgehead atoms. The Morgan fingerprint density at radius 3 is 2.24 bits per heavy atom. The molecule has 1 aromatic carbocycles. The number of carbonyl (C=O) groups is 2. The van der Waals surface area contributed by atoms with Gasteiger partial charge in [-0.2, -0.15) is 0 Å². The molecular formula is C25H38N4O5. The summed E-state index contributed by atoms with van der Waals surface area (Å²) in [6.07, 6.45) is 4.46. The van der Waals surface area contributed by atoms with Crippen molar-refractivity contribution in [1.29, 1.82) is 0 Å². The van der Waals surface area contributed by atoms with Gasteiger partial charge in [0.25, 0.3) is 0 Å². The van der Waals surface area contributed by atoms with E-state index in [1.807, 2.05) is 34.8 Å². The summed E-state index contributed by atoms with van der Waals surface area (Å²) in [6, 6.07) is 8.74. The Labute approximate surface area is 202 Å². The van der Waals surface area contributed by atoms with E-state index < -0.39 is 0 Å². The van der Waals surface area contributed by atoms with Crippen molar-refractivity contribution in [3.8, 4) is 11.5 Å². The summed E-state index contributed by atoms with van der Waals surface area (Å²) < 4.78 is 17.7. The molecule has 0 spiro atoms. The molecule has 1 N–H and O–H groups in total. The molecule has 0 fully saturated rings. The van der Waals surface area contributed by atoms with Crippen molar-refractivity contribution >= 4 is 17.6 Å². The number of carbonyl (C=O) groups excluding carboxylic acids is 2. The zero-order valence-electron chi connectivity index (χ0n) is 21.0. The van der Waals surface area contributed by atoms with Crippen LogP contribution in [0.25, 0.3) is 0 Å². The number of hydrogen-bond acceptors (Lipinski definition) is 5. The fourth-order valence-corrected chi connectivity index (χ4v) is 3.49. The highest BCUT2D eigenvalue weighted by atomic mass is 16.5. The molecule has 0 aliphatic rings. The second-order valence-electron chi connectivity index (χ2n) is 8.08. The molecule has 188 valence electrons. The van der Waals surface area contributed by atoms with Crippen LogP contribution in [0.5, 0.6) is 11.5 Å². The lowest BCUT2D eigenvalue weighted by atomic mass is 10.2. The maximum Gasteiger partial charge on any atom is 0.322 e. The molecule has 0 aliphatic carbocycles. The molecular weight excluding hydrogens is 436 g/mol. The van der Waals surface area contributed by atoms with E-state index in [-0.39, 0.29) is 18.5 Å². The first-order valence-corrected chi connectivity index (χ1v) is 11.6. The second kappa shape index (κ2) is 14.1. The smallest absolute Gasteiger partial charge is 0.322 e. The van der Waals surface area contributed by atoms with Crippen LogP contribution in [0.3, 0.4) is 0 Å². The van der Waals surface area contributed by atoms with Gasteiger partial charge in [0.1, 0.15) is 18.0 Å². The molecule has 2 aromatic rings. The highest BCUT2D eigenvalue weighted by Gasteiger charge is 2.22. The van der Waals surface area contributed by atoms with Crippen molar-refractivity contribution in [1.82, 2.24) is 14.4 Å². The molecule has 2 rings (SSSR count). The number of unbranched alkanes of at least 4 members (excludes halogenated alkanes) is 1. The second-order valence-corrected chi connectivity index (χ2v) is 8.08. The van der Waals surface area contributed by atoms with Crippen molar-refractivity contribution in [3.05, 3.63) is 42.2 Å². The highest BCUT2D eigenvalue weighted by molar-refractivity contribution is 5.92. The van der Waals surface area contributed by atoms with Gasteiger partial charge in [0, 0.05) is 69.6 Å². The van der Waals surface area contributed by atoms with Crippen LogP contribution in [0.15, 0.2) is 36.5 Å². The normalized spacial score (nSPS) is 10.6. The highest BCUT2D eigenvalue weighted by Crippen LogP contribution is 2.26. The Kier molecular flexibility index (Phi) is 11.3. The molecule has 34 heavy (non-hydrogen) atoms. The number of nitrogens with one attached hydrogen (secondary N) is 1. The summed E-state index contributed by atoms with van der Waals surface area (Å²) in [4.78, 5) is 29.8. The molecule has 9 nitrogen and oxygen atoms in total. The van der Waals surface area contributed by atoms with Gasteiger partial charge >= 0.3 is 6.03 Å². The van der Waals surface area contributed by atoms with Gasteiger partial charge in [-0.05, 0) is 25.0 Å². The number of hydrogen-bond donors (Lipinski definition) is 1. The number of anilines is 1. The van der Waals surface area contributed by atoms with Gasteiger partial charge in [-0.3, -0.25) is 4.79 Å². The van der Waals surface area contributed by atoms with Crippen LogP contribution in [-0.4, -0.2) is 73.9 Å². The summed E-state index contributed by atoms with van der Waals surface area (Å²) >= 11 is 0. The first kappa shape index (κ1) is 27.0. The summed E-state index contributed by atoms with van der Waals surface area (Å²) in [5, 5.41) is 2.87. The van der Waals surface area contributed by atoms with Crippen molar-refractivity contribution in [2.24, 2.45) is 7.05 Å². The van der Waals surface area contributed by atoms with E-state index in [0.717, 1.165) is 18.5 Å². The van der Waals surface area contributed by atoms with Crippen LogP contribution in [0.4, 0.5) is 10.5 Å². The van der Waals surface area contributed by atoms with Crippen molar-refractivity contribution in [2.45, 2.75) is 32.7 Å². The number of rotatable bonds is 14. The fraction of sp³-hybridized carbons (Fsp3) is 0.520. The fourth-order valence-electron chi connectivity index (χ4n) is 3.49. The average molecular weight is 475 g/mol. The van der Waals surface area contributed by atoms with E-state index >= 15 is 0 Å². The van der Waals surface area contributed by atoms with Crippen molar-refractivity contribution < 1.29 is 23.8 Å². The molecule has 0 radical (unpaired) electrons. The van der Waals surface area contributed by atoms with Crippen molar-refractivity contribution in [3.63, 3.8) is 0 Å². The number of nitrogens with zero attached hydrogens (tertiary/aromatic N) is 3. The molecule has 3 amide bonds. The number of ether oxygens (including phenoxy) is 3. The summed E-state index contributed by atoms with van der Waals surface area (Å²) in [5.74, 6) is 1.03. The number of aromatic nitrogens is 1. The van der Waals surface area contributed by atoms with Gasteiger partial charge in [-0.15, -0.1) is 0 Å². The third-order valence-corrected chi connectivity index (χ3v) is 5.53. The van der Waals surface area contributed by atoms with Gasteiger partial charge in [0.15, 0.2) is 0 Å². The lowest BCUT2D eigenvalue weighted by Gasteiger charge is -2.28. The van der Waals surface area contributed by atoms with E-state index in [1.165, 1.54) is 4.90 Å². The molecule has 0 atom stereocenters. The Hall–Kier alpha value is -3.20. The van der Waals surface area contributed by atoms with Crippen molar-refractivity contribution in [2.75, 3.05) is 52.9 Å². The Morgan fingerprint density at radius 1 is 1.00 bits per heavy atom. The largest absolute Gasteiger partial charge is 0.497 e. The lowest BCUT2D eigenvalue weighted by molar-refractivity contribution is -0.132. The zero-order chi connectivity index (χ0) is 24.9. The number of methoxy groups -OCH3 is 3. The number of urea groups is 1. The lowest BCUT2D eigenvalue weighted by Crippen LogP contribution is -2.45.